The number of methoxy groups -OCH3 is 1. The maximum atomic E-state index is 12.3. The minimum Gasteiger partial charge on any atom is -0.497 e. The molecule has 0 N–H and O–H groups in total. The first-order valence-corrected chi connectivity index (χ1v) is 7.86. The van der Waals surface area contributed by atoms with Crippen molar-refractivity contribution in [3.8, 4) is 5.75 Å². The van der Waals surface area contributed by atoms with Crippen molar-refractivity contribution < 1.29 is 19.1 Å². The molecule has 1 amide bonds. The Morgan fingerprint density at radius 1 is 1.08 bits per heavy atom. The molecule has 0 saturated carbocycles. The van der Waals surface area contributed by atoms with Crippen molar-refractivity contribution in [3.63, 3.8) is 0 Å². The fourth-order valence-electron chi connectivity index (χ4n) is 2.22. The molecule has 0 spiro atoms. The predicted octanol–water partition coefficient (Wildman–Crippen LogP) is 3.30. The highest BCUT2D eigenvalue weighted by molar-refractivity contribution is 5.98. The van der Waals surface area contributed by atoms with E-state index in [4.69, 9.17) is 9.47 Å². The molecule has 130 valence electrons. The first-order valence-electron chi connectivity index (χ1n) is 7.86. The van der Waals surface area contributed by atoms with Gasteiger partial charge in [-0.05, 0) is 42.8 Å². The van der Waals surface area contributed by atoms with Gasteiger partial charge in [0.15, 0.2) is 6.10 Å². The average molecular weight is 339 g/mol. The zero-order chi connectivity index (χ0) is 18.2. The van der Waals surface area contributed by atoms with Gasteiger partial charge in [-0.2, -0.15) is 0 Å². The number of carbonyl (C=O) groups is 2. The zero-order valence-electron chi connectivity index (χ0n) is 14.5. The molecule has 2 aromatic carbocycles. The van der Waals surface area contributed by atoms with Gasteiger partial charge in [-0.25, -0.2) is 4.79 Å². The van der Waals surface area contributed by atoms with Crippen molar-refractivity contribution in [2.75, 3.05) is 19.1 Å². The average Bonchev–Trinajstić information content (AvgIpc) is 2.66. The number of ether oxygens (including phenoxy) is 2. The van der Waals surface area contributed by atoms with E-state index in [1.165, 1.54) is 11.0 Å². The molecule has 0 aromatic heterocycles. The smallest absolute Gasteiger partial charge is 0.331 e. The number of hydrogen-bond acceptors (Lipinski definition) is 4. The Hall–Kier alpha value is -3.08. The maximum Gasteiger partial charge on any atom is 0.331 e. The normalized spacial score (nSPS) is 11.8. The number of likely N-dealkylation sites (N-methyl/N-ethyl adjacent to an activating group) is 1. The largest absolute Gasteiger partial charge is 0.497 e. The lowest BCUT2D eigenvalue weighted by molar-refractivity contribution is -0.148. The van der Waals surface area contributed by atoms with Crippen LogP contribution in [-0.4, -0.2) is 32.1 Å². The van der Waals surface area contributed by atoms with E-state index in [2.05, 4.69) is 0 Å². The fourth-order valence-corrected chi connectivity index (χ4v) is 2.22. The van der Waals surface area contributed by atoms with E-state index in [0.29, 0.717) is 5.75 Å². The number of hydrogen-bond donors (Lipinski definition) is 0. The SMILES string of the molecule is COc1cccc(/C=C/C(=O)O[C@H](C)C(=O)N(C)c2ccccc2)c1. The quantitative estimate of drug-likeness (QED) is 0.598. The van der Waals surface area contributed by atoms with Crippen LogP contribution < -0.4 is 9.64 Å². The van der Waals surface area contributed by atoms with Gasteiger partial charge in [0.05, 0.1) is 7.11 Å². The summed E-state index contributed by atoms with van der Waals surface area (Å²) in [7, 11) is 3.22. The van der Waals surface area contributed by atoms with Crippen LogP contribution in [0.25, 0.3) is 6.08 Å². The summed E-state index contributed by atoms with van der Waals surface area (Å²) >= 11 is 0. The Morgan fingerprint density at radius 2 is 1.80 bits per heavy atom. The second-order valence-corrected chi connectivity index (χ2v) is 5.42. The van der Waals surface area contributed by atoms with Gasteiger partial charge in [0.1, 0.15) is 5.75 Å². The molecule has 0 aliphatic carbocycles. The Kier molecular flexibility index (Phi) is 6.34. The number of nitrogens with zero attached hydrogens (tertiary/aromatic N) is 1. The molecule has 0 saturated heterocycles. The van der Waals surface area contributed by atoms with Crippen molar-refractivity contribution in [1.29, 1.82) is 0 Å². The highest BCUT2D eigenvalue weighted by Crippen LogP contribution is 2.15. The lowest BCUT2D eigenvalue weighted by Gasteiger charge is -2.21. The number of anilines is 1. The second-order valence-electron chi connectivity index (χ2n) is 5.42. The van der Waals surface area contributed by atoms with Crippen LogP contribution >= 0.6 is 0 Å². The minimum atomic E-state index is -0.882. The van der Waals surface area contributed by atoms with Crippen molar-refractivity contribution >= 4 is 23.6 Å². The molecule has 2 rings (SSSR count). The Morgan fingerprint density at radius 3 is 2.48 bits per heavy atom. The first-order chi connectivity index (χ1) is 12.0. The van der Waals surface area contributed by atoms with E-state index in [1.807, 2.05) is 48.5 Å². The molecular weight excluding hydrogens is 318 g/mol. The van der Waals surface area contributed by atoms with Gasteiger partial charge in [-0.3, -0.25) is 4.79 Å². The highest BCUT2D eigenvalue weighted by Gasteiger charge is 2.21. The number of benzene rings is 2. The summed E-state index contributed by atoms with van der Waals surface area (Å²) in [5.74, 6) is -0.178. The van der Waals surface area contributed by atoms with Gasteiger partial charge in [-0.1, -0.05) is 30.3 Å². The van der Waals surface area contributed by atoms with Crippen LogP contribution in [0.2, 0.25) is 0 Å². The molecule has 5 heteroatoms. The molecule has 5 nitrogen and oxygen atoms in total. The summed E-state index contributed by atoms with van der Waals surface area (Å²) in [6, 6.07) is 16.4. The molecule has 2 aromatic rings. The number of rotatable bonds is 6. The van der Waals surface area contributed by atoms with E-state index in [1.54, 1.807) is 33.2 Å². The first kappa shape index (κ1) is 18.3. The molecule has 0 heterocycles. The van der Waals surface area contributed by atoms with Crippen LogP contribution in [0.3, 0.4) is 0 Å². The summed E-state index contributed by atoms with van der Waals surface area (Å²) in [6.07, 6.45) is 2.02. The van der Waals surface area contributed by atoms with Crippen LogP contribution in [0.4, 0.5) is 5.69 Å². The van der Waals surface area contributed by atoms with Crippen LogP contribution in [0.5, 0.6) is 5.75 Å². The molecule has 0 aliphatic heterocycles. The molecule has 25 heavy (non-hydrogen) atoms. The summed E-state index contributed by atoms with van der Waals surface area (Å²) in [4.78, 5) is 25.7. The van der Waals surface area contributed by atoms with Gasteiger partial charge in [0.25, 0.3) is 5.91 Å². The fraction of sp³-hybridized carbons (Fsp3) is 0.200. The summed E-state index contributed by atoms with van der Waals surface area (Å²) in [5.41, 5.74) is 1.54. The molecule has 0 bridgehead atoms. The van der Waals surface area contributed by atoms with E-state index in [9.17, 15) is 9.59 Å². The van der Waals surface area contributed by atoms with Crippen LogP contribution in [0, 0.1) is 0 Å². The highest BCUT2D eigenvalue weighted by atomic mass is 16.5. The lowest BCUT2D eigenvalue weighted by Crippen LogP contribution is -2.37. The standard InChI is InChI=1S/C20H21NO4/c1-15(20(23)21(2)17-9-5-4-6-10-17)25-19(22)13-12-16-8-7-11-18(14-16)24-3/h4-15H,1-3H3/b13-12+/t15-/m1/s1. The third-order valence-corrected chi connectivity index (χ3v) is 3.62. The maximum absolute atomic E-state index is 12.3. The number of carbonyl (C=O) groups excluding carboxylic acids is 2. The molecule has 0 radical (unpaired) electrons. The molecule has 1 atom stereocenters. The Bertz CT molecular complexity index is 755. The summed E-state index contributed by atoms with van der Waals surface area (Å²) < 4.78 is 10.3. The van der Waals surface area contributed by atoms with Crippen molar-refractivity contribution in [1.82, 2.24) is 0 Å². The van der Waals surface area contributed by atoms with Gasteiger partial charge in [0.2, 0.25) is 0 Å². The number of esters is 1. The molecule has 0 aliphatic rings. The predicted molar refractivity (Wildman–Crippen MR) is 97.4 cm³/mol. The van der Waals surface area contributed by atoms with Gasteiger partial charge in [-0.15, -0.1) is 0 Å². The van der Waals surface area contributed by atoms with E-state index < -0.39 is 12.1 Å². The van der Waals surface area contributed by atoms with Crippen molar-refractivity contribution in [2.24, 2.45) is 0 Å². The van der Waals surface area contributed by atoms with E-state index in [-0.39, 0.29) is 5.91 Å². The zero-order valence-corrected chi connectivity index (χ0v) is 14.5. The molecular formula is C20H21NO4. The van der Waals surface area contributed by atoms with Crippen molar-refractivity contribution in [3.05, 3.63) is 66.2 Å². The monoisotopic (exact) mass is 339 g/mol. The summed E-state index contributed by atoms with van der Waals surface area (Å²) in [5, 5.41) is 0. The van der Waals surface area contributed by atoms with E-state index in [0.717, 1.165) is 11.3 Å². The summed E-state index contributed by atoms with van der Waals surface area (Å²) in [6.45, 7) is 1.55. The topological polar surface area (TPSA) is 55.8 Å². The lowest BCUT2D eigenvalue weighted by atomic mass is 10.2. The third kappa shape index (κ3) is 5.21. The minimum absolute atomic E-state index is 0.297. The van der Waals surface area contributed by atoms with Crippen LogP contribution in [-0.2, 0) is 14.3 Å². The van der Waals surface area contributed by atoms with Gasteiger partial charge < -0.3 is 14.4 Å². The van der Waals surface area contributed by atoms with Crippen LogP contribution in [0.15, 0.2) is 60.7 Å². The molecule has 0 fully saturated rings. The Labute approximate surface area is 147 Å². The number of para-hydroxylation sites is 1. The van der Waals surface area contributed by atoms with Gasteiger partial charge >= 0.3 is 5.97 Å². The van der Waals surface area contributed by atoms with Crippen LogP contribution in [0.1, 0.15) is 12.5 Å². The second kappa shape index (κ2) is 8.68. The van der Waals surface area contributed by atoms with Gasteiger partial charge in [0, 0.05) is 18.8 Å². The van der Waals surface area contributed by atoms with E-state index >= 15 is 0 Å². The van der Waals surface area contributed by atoms with Crippen molar-refractivity contribution in [2.45, 2.75) is 13.0 Å². The Balaban J connectivity index is 1.95. The molecule has 0 unspecified atom stereocenters. The third-order valence-electron chi connectivity index (χ3n) is 3.62. The number of amides is 1.